The second-order valence-electron chi connectivity index (χ2n) is 6.70. The van der Waals surface area contributed by atoms with E-state index in [-0.39, 0.29) is 10.6 Å². The molecule has 0 N–H and O–H groups in total. The van der Waals surface area contributed by atoms with Crippen LogP contribution in [0.25, 0.3) is 5.65 Å². The van der Waals surface area contributed by atoms with E-state index in [2.05, 4.69) is 4.98 Å². The molecular weight excluding hydrogens is 458 g/mol. The number of pyridine rings is 1. The van der Waals surface area contributed by atoms with Crippen molar-refractivity contribution in [3.8, 4) is 0 Å². The van der Waals surface area contributed by atoms with Crippen molar-refractivity contribution in [3.63, 3.8) is 0 Å². The van der Waals surface area contributed by atoms with Crippen molar-refractivity contribution in [1.82, 2.24) is 9.38 Å². The lowest BCUT2D eigenvalue weighted by molar-refractivity contribution is -0.391. The minimum Gasteiger partial charge on any atom is -0.358 e. The Kier molecular flexibility index (Phi) is 5.99. The van der Waals surface area contributed by atoms with Crippen molar-refractivity contribution in [3.05, 3.63) is 99.3 Å². The number of imidazole rings is 1. The number of thioether (sulfide) groups is 1. The maximum absolute atomic E-state index is 12.8. The normalized spacial score (nSPS) is 11.6. The van der Waals surface area contributed by atoms with E-state index in [4.69, 9.17) is 11.6 Å². The quantitative estimate of drug-likeness (QED) is 0.209. The summed E-state index contributed by atoms with van der Waals surface area (Å²) < 4.78 is 26.9. The summed E-state index contributed by atoms with van der Waals surface area (Å²) in [6.07, 6.45) is 1.38. The Morgan fingerprint density at radius 3 is 2.35 bits per heavy atom. The molecule has 0 bridgehead atoms. The van der Waals surface area contributed by atoms with Crippen LogP contribution in [0.1, 0.15) is 11.3 Å². The van der Waals surface area contributed by atoms with Gasteiger partial charge in [-0.3, -0.25) is 0 Å². The average Bonchev–Trinajstić information content (AvgIpc) is 3.10. The van der Waals surface area contributed by atoms with Crippen molar-refractivity contribution < 1.29 is 13.3 Å². The lowest BCUT2D eigenvalue weighted by Gasteiger charge is -2.03. The number of hydrogen-bond donors (Lipinski definition) is 0. The number of nitro groups is 1. The van der Waals surface area contributed by atoms with Gasteiger partial charge in [-0.05, 0) is 28.7 Å². The van der Waals surface area contributed by atoms with Gasteiger partial charge in [0.15, 0.2) is 15.5 Å². The molecule has 0 fully saturated rings. The molecule has 0 aliphatic carbocycles. The number of sulfone groups is 1. The van der Waals surface area contributed by atoms with E-state index in [0.717, 1.165) is 5.56 Å². The first-order valence-electron chi connectivity index (χ1n) is 9.14. The summed E-state index contributed by atoms with van der Waals surface area (Å²) in [5, 5.41) is 12.1. The molecule has 2 aromatic carbocycles. The number of hydrogen-bond acceptors (Lipinski definition) is 6. The Morgan fingerprint density at radius 1 is 1.06 bits per heavy atom. The average molecular weight is 474 g/mol. The van der Waals surface area contributed by atoms with Crippen molar-refractivity contribution in [2.45, 2.75) is 21.3 Å². The van der Waals surface area contributed by atoms with Crippen LogP contribution in [0.15, 0.2) is 82.7 Å². The summed E-state index contributed by atoms with van der Waals surface area (Å²) in [5.41, 5.74) is 1.24. The molecule has 0 atom stereocenters. The van der Waals surface area contributed by atoms with Crippen LogP contribution in [0.5, 0.6) is 0 Å². The van der Waals surface area contributed by atoms with E-state index >= 15 is 0 Å². The molecule has 4 aromatic rings. The van der Waals surface area contributed by atoms with Gasteiger partial charge in [0.25, 0.3) is 0 Å². The van der Waals surface area contributed by atoms with Crippen LogP contribution >= 0.6 is 23.4 Å². The SMILES string of the molecule is O=[N+]([O-])c1c(CS(=O)(=O)c2ccccc2)nc2c(SCc3ccccc3)cc(Cl)cn12. The molecule has 0 saturated carbocycles. The van der Waals surface area contributed by atoms with Gasteiger partial charge in [-0.2, -0.15) is 4.40 Å². The minimum absolute atomic E-state index is 0.0815. The highest BCUT2D eigenvalue weighted by atomic mass is 35.5. The topological polar surface area (TPSA) is 94.6 Å². The van der Waals surface area contributed by atoms with Crippen LogP contribution in [0.4, 0.5) is 5.82 Å². The molecule has 2 aromatic heterocycles. The first-order chi connectivity index (χ1) is 14.8. The van der Waals surface area contributed by atoms with Crippen molar-refractivity contribution in [2.24, 2.45) is 0 Å². The number of halogens is 1. The van der Waals surface area contributed by atoms with Crippen LogP contribution in [0.2, 0.25) is 5.02 Å². The molecule has 4 rings (SSSR count). The molecule has 0 amide bonds. The van der Waals surface area contributed by atoms with Crippen molar-refractivity contribution in [2.75, 3.05) is 0 Å². The zero-order chi connectivity index (χ0) is 22.0. The predicted octanol–water partition coefficient (Wildman–Crippen LogP) is 5.16. The Hall–Kier alpha value is -2.88. The molecule has 2 heterocycles. The van der Waals surface area contributed by atoms with Gasteiger partial charge < -0.3 is 10.1 Å². The molecule has 0 aliphatic heterocycles. The lowest BCUT2D eigenvalue weighted by Crippen LogP contribution is -2.07. The van der Waals surface area contributed by atoms with Gasteiger partial charge in [-0.15, -0.1) is 11.8 Å². The fourth-order valence-corrected chi connectivity index (χ4v) is 5.70. The van der Waals surface area contributed by atoms with Gasteiger partial charge in [0, 0.05) is 5.75 Å². The summed E-state index contributed by atoms with van der Waals surface area (Å²) in [5.74, 6) is -0.386. The van der Waals surface area contributed by atoms with Gasteiger partial charge in [0.1, 0.15) is 11.9 Å². The summed E-state index contributed by atoms with van der Waals surface area (Å²) in [6, 6.07) is 19.2. The minimum atomic E-state index is -3.82. The lowest BCUT2D eigenvalue weighted by atomic mass is 10.2. The second-order valence-corrected chi connectivity index (χ2v) is 10.1. The highest BCUT2D eigenvalue weighted by molar-refractivity contribution is 7.98. The summed E-state index contributed by atoms with van der Waals surface area (Å²) in [6.45, 7) is 0. The molecule has 0 saturated heterocycles. The Labute approximate surface area is 187 Å². The molecule has 7 nitrogen and oxygen atoms in total. The van der Waals surface area contributed by atoms with Gasteiger partial charge in [0.2, 0.25) is 5.65 Å². The van der Waals surface area contributed by atoms with Crippen LogP contribution in [-0.4, -0.2) is 22.7 Å². The summed E-state index contributed by atoms with van der Waals surface area (Å²) >= 11 is 7.64. The van der Waals surface area contributed by atoms with Crippen molar-refractivity contribution >= 4 is 44.7 Å². The number of nitrogens with zero attached hydrogens (tertiary/aromatic N) is 3. The number of fused-ring (bicyclic) bond motifs is 1. The fourth-order valence-electron chi connectivity index (χ4n) is 3.14. The number of aromatic nitrogens is 2. The van der Waals surface area contributed by atoms with E-state index in [1.54, 1.807) is 24.3 Å². The molecule has 0 spiro atoms. The molecule has 0 unspecified atom stereocenters. The first-order valence-corrected chi connectivity index (χ1v) is 12.2. The molecule has 0 radical (unpaired) electrons. The van der Waals surface area contributed by atoms with Crippen molar-refractivity contribution in [1.29, 1.82) is 0 Å². The zero-order valence-corrected chi connectivity index (χ0v) is 18.4. The molecule has 0 aliphatic rings. The Bertz CT molecular complexity index is 1360. The van der Waals surface area contributed by atoms with E-state index < -0.39 is 26.3 Å². The van der Waals surface area contributed by atoms with Crippen LogP contribution in [0, 0.1) is 10.1 Å². The van der Waals surface area contributed by atoms with E-state index in [0.29, 0.717) is 21.3 Å². The maximum atomic E-state index is 12.8. The van der Waals surface area contributed by atoms with E-state index in [1.807, 2.05) is 30.3 Å². The maximum Gasteiger partial charge on any atom is 0.352 e. The first kappa shape index (κ1) is 21.4. The molecule has 31 heavy (non-hydrogen) atoms. The number of benzene rings is 2. The second kappa shape index (κ2) is 8.70. The summed E-state index contributed by atoms with van der Waals surface area (Å²) in [7, 11) is -3.82. The smallest absolute Gasteiger partial charge is 0.352 e. The largest absolute Gasteiger partial charge is 0.358 e. The van der Waals surface area contributed by atoms with E-state index in [1.165, 1.54) is 34.5 Å². The van der Waals surface area contributed by atoms with Crippen LogP contribution in [-0.2, 0) is 21.3 Å². The fraction of sp³-hybridized carbons (Fsp3) is 0.0952. The van der Waals surface area contributed by atoms with E-state index in [9.17, 15) is 18.5 Å². The summed E-state index contributed by atoms with van der Waals surface area (Å²) in [4.78, 5) is 16.3. The number of rotatable bonds is 7. The van der Waals surface area contributed by atoms with Crippen LogP contribution < -0.4 is 0 Å². The molecule has 158 valence electrons. The van der Waals surface area contributed by atoms with Gasteiger partial charge in [0.05, 0.1) is 14.8 Å². The monoisotopic (exact) mass is 473 g/mol. The van der Waals surface area contributed by atoms with Gasteiger partial charge in [-0.1, -0.05) is 60.1 Å². The standard InChI is InChI=1S/C21H16ClN3O4S2/c22-16-11-19(30-13-15-7-3-1-4-8-15)20-23-18(21(25(26)27)24(20)12-16)14-31(28,29)17-9-5-2-6-10-17/h1-12H,13-14H2. The predicted molar refractivity (Wildman–Crippen MR) is 120 cm³/mol. The molecular formula is C21H16ClN3O4S2. The highest BCUT2D eigenvalue weighted by Gasteiger charge is 2.29. The molecule has 10 heteroatoms. The van der Waals surface area contributed by atoms with Gasteiger partial charge in [-0.25, -0.2) is 13.4 Å². The third-order valence-electron chi connectivity index (χ3n) is 4.54. The third-order valence-corrected chi connectivity index (χ3v) is 7.48. The highest BCUT2D eigenvalue weighted by Crippen LogP contribution is 2.34. The van der Waals surface area contributed by atoms with Crippen LogP contribution in [0.3, 0.4) is 0 Å². The Morgan fingerprint density at radius 2 is 1.71 bits per heavy atom. The third kappa shape index (κ3) is 4.58. The zero-order valence-electron chi connectivity index (χ0n) is 16.0. The van der Waals surface area contributed by atoms with Gasteiger partial charge >= 0.3 is 5.82 Å². The Balaban J connectivity index is 1.78.